The number of rotatable bonds is 8. The number of carboxylic acids is 1. The molecule has 11 nitrogen and oxygen atoms in total. The largest absolute Gasteiger partial charge is 0.477 e. The molecule has 0 aromatic carbocycles. The number of amides is 1. The van der Waals surface area contributed by atoms with Crippen molar-refractivity contribution in [1.82, 2.24) is 5.32 Å². The van der Waals surface area contributed by atoms with Crippen LogP contribution >= 0.6 is 0 Å². The van der Waals surface area contributed by atoms with Gasteiger partial charge in [0.05, 0.1) is 12.1 Å². The number of carboxylic acid groups (broad SMARTS) is 1. The summed E-state index contributed by atoms with van der Waals surface area (Å²) < 4.78 is 9.75. The second-order valence-electron chi connectivity index (χ2n) is 6.16. The molecule has 11 heteroatoms. The molecule has 1 amide bonds. The SMILES string of the molecule is CCCC(=O)OC[C@@H](O)[C@@H](O)[C@@H]1O[C@@](O)(C(=O)O)C[C@H](O)[C@H]1NC(C)=O. The quantitative estimate of drug-likeness (QED) is 0.246. The van der Waals surface area contributed by atoms with E-state index >= 15 is 0 Å². The van der Waals surface area contributed by atoms with Crippen LogP contribution in [0.5, 0.6) is 0 Å². The first-order valence-electron chi connectivity index (χ1n) is 8.12. The minimum absolute atomic E-state index is 0.106. The molecule has 0 saturated carbocycles. The lowest BCUT2D eigenvalue weighted by Crippen LogP contribution is -2.67. The van der Waals surface area contributed by atoms with Crippen LogP contribution in [0.3, 0.4) is 0 Å². The first-order chi connectivity index (χ1) is 12.0. The zero-order valence-electron chi connectivity index (χ0n) is 14.5. The standard InChI is InChI=1S/C15H25NO10/c1-3-4-10(20)25-6-9(19)12(21)13-11(16-7(2)17)8(18)5-15(24,26-13)14(22)23/h8-9,11-13,18-19,21,24H,3-6H2,1-2H3,(H,16,17)(H,22,23)/t8-,9+,11+,12+,13+,15+/m0/s1. The van der Waals surface area contributed by atoms with Crippen molar-refractivity contribution in [2.75, 3.05) is 6.61 Å². The fourth-order valence-corrected chi connectivity index (χ4v) is 2.58. The summed E-state index contributed by atoms with van der Waals surface area (Å²) in [6.45, 7) is 2.25. The van der Waals surface area contributed by atoms with E-state index in [0.29, 0.717) is 6.42 Å². The first-order valence-corrected chi connectivity index (χ1v) is 8.12. The average molecular weight is 379 g/mol. The Balaban J connectivity index is 2.93. The van der Waals surface area contributed by atoms with Crippen LogP contribution in [0.1, 0.15) is 33.1 Å². The maximum Gasteiger partial charge on any atom is 0.364 e. The topological polar surface area (TPSA) is 183 Å². The van der Waals surface area contributed by atoms with Gasteiger partial charge in [0.1, 0.15) is 24.9 Å². The van der Waals surface area contributed by atoms with Gasteiger partial charge in [0.15, 0.2) is 0 Å². The molecule has 0 aromatic rings. The van der Waals surface area contributed by atoms with Gasteiger partial charge in [-0.1, -0.05) is 6.92 Å². The molecular weight excluding hydrogens is 354 g/mol. The highest BCUT2D eigenvalue weighted by Gasteiger charge is 2.53. The van der Waals surface area contributed by atoms with Crippen LogP contribution in [0.4, 0.5) is 0 Å². The molecule has 0 bridgehead atoms. The van der Waals surface area contributed by atoms with E-state index in [0.717, 1.165) is 6.92 Å². The predicted octanol–water partition coefficient (Wildman–Crippen LogP) is -2.52. The van der Waals surface area contributed by atoms with E-state index in [4.69, 9.17) is 14.6 Å². The molecule has 1 aliphatic heterocycles. The number of hydrogen-bond acceptors (Lipinski definition) is 9. The predicted molar refractivity (Wildman–Crippen MR) is 83.6 cm³/mol. The van der Waals surface area contributed by atoms with E-state index in [1.54, 1.807) is 6.92 Å². The van der Waals surface area contributed by atoms with Crippen molar-refractivity contribution in [3.63, 3.8) is 0 Å². The van der Waals surface area contributed by atoms with Gasteiger partial charge in [-0.2, -0.15) is 0 Å². The molecule has 1 fully saturated rings. The van der Waals surface area contributed by atoms with Gasteiger partial charge in [0.25, 0.3) is 5.79 Å². The molecule has 1 aliphatic rings. The third kappa shape index (κ3) is 5.61. The number of aliphatic hydroxyl groups excluding tert-OH is 3. The molecular formula is C15H25NO10. The molecule has 150 valence electrons. The number of aliphatic carboxylic acids is 1. The van der Waals surface area contributed by atoms with Gasteiger partial charge >= 0.3 is 11.9 Å². The fraction of sp³-hybridized carbons (Fsp3) is 0.800. The lowest BCUT2D eigenvalue weighted by molar-refractivity contribution is -0.295. The molecule has 1 rings (SSSR count). The molecule has 6 atom stereocenters. The molecule has 0 radical (unpaired) electrons. The Bertz CT molecular complexity index is 527. The Morgan fingerprint density at radius 3 is 2.46 bits per heavy atom. The summed E-state index contributed by atoms with van der Waals surface area (Å²) in [5.41, 5.74) is 0. The minimum Gasteiger partial charge on any atom is -0.477 e. The van der Waals surface area contributed by atoms with Crippen LogP contribution in [-0.4, -0.2) is 86.2 Å². The smallest absolute Gasteiger partial charge is 0.364 e. The highest BCUT2D eigenvalue weighted by molar-refractivity contribution is 5.76. The van der Waals surface area contributed by atoms with Crippen LogP contribution in [0.25, 0.3) is 0 Å². The summed E-state index contributed by atoms with van der Waals surface area (Å²) in [5, 5.41) is 51.7. The van der Waals surface area contributed by atoms with Crippen molar-refractivity contribution in [3.8, 4) is 0 Å². The van der Waals surface area contributed by atoms with Crippen LogP contribution in [0, 0.1) is 0 Å². The van der Waals surface area contributed by atoms with Gasteiger partial charge in [0.2, 0.25) is 5.91 Å². The number of hydrogen-bond donors (Lipinski definition) is 6. The van der Waals surface area contributed by atoms with Gasteiger partial charge in [-0.15, -0.1) is 0 Å². The van der Waals surface area contributed by atoms with E-state index in [1.807, 2.05) is 0 Å². The van der Waals surface area contributed by atoms with Crippen molar-refractivity contribution in [3.05, 3.63) is 0 Å². The summed E-state index contributed by atoms with van der Waals surface area (Å²) in [4.78, 5) is 33.8. The summed E-state index contributed by atoms with van der Waals surface area (Å²) in [6, 6.07) is -1.30. The fourth-order valence-electron chi connectivity index (χ4n) is 2.58. The number of aliphatic hydroxyl groups is 4. The van der Waals surface area contributed by atoms with E-state index in [9.17, 15) is 34.8 Å². The van der Waals surface area contributed by atoms with Crippen molar-refractivity contribution in [1.29, 1.82) is 0 Å². The van der Waals surface area contributed by atoms with E-state index in [-0.39, 0.29) is 6.42 Å². The second kappa shape index (κ2) is 9.24. The number of nitrogens with one attached hydrogen (secondary N) is 1. The number of ether oxygens (including phenoxy) is 2. The number of carbonyl (C=O) groups is 3. The van der Waals surface area contributed by atoms with Crippen molar-refractivity contribution >= 4 is 17.8 Å². The van der Waals surface area contributed by atoms with Crippen molar-refractivity contribution in [2.24, 2.45) is 0 Å². The highest BCUT2D eigenvalue weighted by atomic mass is 16.7. The molecule has 1 saturated heterocycles. The molecule has 1 heterocycles. The molecule has 0 spiro atoms. The Kier molecular flexibility index (Phi) is 7.90. The van der Waals surface area contributed by atoms with E-state index in [1.165, 1.54) is 0 Å². The van der Waals surface area contributed by atoms with Crippen molar-refractivity contribution in [2.45, 2.75) is 69.4 Å². The van der Waals surface area contributed by atoms with Crippen LogP contribution in [-0.2, 0) is 23.9 Å². The Labute approximate surface area is 149 Å². The normalized spacial score (nSPS) is 30.9. The van der Waals surface area contributed by atoms with Crippen molar-refractivity contribution < 1.29 is 49.4 Å². The van der Waals surface area contributed by atoms with E-state index in [2.05, 4.69) is 5.32 Å². The second-order valence-corrected chi connectivity index (χ2v) is 6.16. The summed E-state index contributed by atoms with van der Waals surface area (Å²) in [6.07, 6.45) is -6.98. The Hall–Kier alpha value is -1.79. The zero-order valence-corrected chi connectivity index (χ0v) is 14.5. The maximum absolute atomic E-state index is 11.3. The number of carbonyl (C=O) groups excluding carboxylic acids is 2. The van der Waals surface area contributed by atoms with Crippen LogP contribution < -0.4 is 5.32 Å². The Morgan fingerprint density at radius 2 is 1.96 bits per heavy atom. The minimum atomic E-state index is -2.82. The van der Waals surface area contributed by atoms with Gasteiger partial charge in [0, 0.05) is 19.8 Å². The molecule has 0 unspecified atom stereocenters. The third-order valence-corrected chi connectivity index (χ3v) is 3.89. The van der Waals surface area contributed by atoms with Gasteiger partial charge in [-0.05, 0) is 6.42 Å². The third-order valence-electron chi connectivity index (χ3n) is 3.89. The van der Waals surface area contributed by atoms with Gasteiger partial charge < -0.3 is 40.3 Å². The lowest BCUT2D eigenvalue weighted by Gasteiger charge is -2.44. The highest BCUT2D eigenvalue weighted by Crippen LogP contribution is 2.30. The van der Waals surface area contributed by atoms with Gasteiger partial charge in [-0.3, -0.25) is 9.59 Å². The molecule has 0 aliphatic carbocycles. The maximum atomic E-state index is 11.3. The lowest BCUT2D eigenvalue weighted by atomic mass is 9.88. The summed E-state index contributed by atoms with van der Waals surface area (Å²) in [5.74, 6) is -5.85. The molecule has 6 N–H and O–H groups in total. The first kappa shape index (κ1) is 22.3. The molecule has 0 aromatic heterocycles. The zero-order chi connectivity index (χ0) is 20.1. The molecule has 26 heavy (non-hydrogen) atoms. The summed E-state index contributed by atoms with van der Waals surface area (Å²) in [7, 11) is 0. The average Bonchev–Trinajstić information content (AvgIpc) is 2.54. The Morgan fingerprint density at radius 1 is 1.35 bits per heavy atom. The van der Waals surface area contributed by atoms with E-state index < -0.39 is 67.1 Å². The monoisotopic (exact) mass is 379 g/mol. The van der Waals surface area contributed by atoms with Gasteiger partial charge in [-0.25, -0.2) is 4.79 Å². The summed E-state index contributed by atoms with van der Waals surface area (Å²) >= 11 is 0. The number of esters is 1. The van der Waals surface area contributed by atoms with Crippen LogP contribution in [0.2, 0.25) is 0 Å². The van der Waals surface area contributed by atoms with Crippen LogP contribution in [0.15, 0.2) is 0 Å².